The molecule has 1 unspecified atom stereocenters. The van der Waals surface area contributed by atoms with Crippen LogP contribution in [0.4, 0.5) is 4.39 Å². The summed E-state index contributed by atoms with van der Waals surface area (Å²) in [5.41, 5.74) is 0. The number of piperidine rings is 1. The van der Waals surface area contributed by atoms with Gasteiger partial charge in [-0.25, -0.2) is 12.8 Å². The molecular weight excluding hydrogens is 245 g/mol. The highest BCUT2D eigenvalue weighted by Crippen LogP contribution is 2.22. The van der Waals surface area contributed by atoms with Crippen LogP contribution in [0, 0.1) is 5.82 Å². The molecule has 1 aromatic carbocycles. The van der Waals surface area contributed by atoms with Crippen molar-refractivity contribution in [3.05, 3.63) is 30.1 Å². The Balaban J connectivity index is 2.33. The zero-order valence-electron chi connectivity index (χ0n) is 9.21. The quantitative estimate of drug-likeness (QED) is 0.861. The monoisotopic (exact) mass is 259 g/mol. The third kappa shape index (κ3) is 2.48. The van der Waals surface area contributed by atoms with Gasteiger partial charge in [0.05, 0.1) is 6.10 Å². The van der Waals surface area contributed by atoms with Gasteiger partial charge in [0.25, 0.3) is 0 Å². The highest BCUT2D eigenvalue weighted by molar-refractivity contribution is 7.89. The van der Waals surface area contributed by atoms with Crippen molar-refractivity contribution < 1.29 is 17.9 Å². The van der Waals surface area contributed by atoms with Crippen LogP contribution < -0.4 is 0 Å². The number of rotatable bonds is 2. The van der Waals surface area contributed by atoms with Crippen molar-refractivity contribution in [3.63, 3.8) is 0 Å². The summed E-state index contributed by atoms with van der Waals surface area (Å²) in [4.78, 5) is -0.325. The Morgan fingerprint density at radius 3 is 2.71 bits per heavy atom. The number of hydrogen-bond acceptors (Lipinski definition) is 3. The van der Waals surface area contributed by atoms with Crippen molar-refractivity contribution in [1.29, 1.82) is 0 Å². The number of halogens is 1. The van der Waals surface area contributed by atoms with Gasteiger partial charge in [-0.05, 0) is 25.0 Å². The summed E-state index contributed by atoms with van der Waals surface area (Å²) in [6.07, 6.45) is 0.517. The molecule has 1 aliphatic heterocycles. The summed E-state index contributed by atoms with van der Waals surface area (Å²) >= 11 is 0. The molecule has 0 radical (unpaired) electrons. The maximum atomic E-state index is 13.5. The van der Waals surface area contributed by atoms with Crippen LogP contribution >= 0.6 is 0 Å². The molecule has 1 atom stereocenters. The van der Waals surface area contributed by atoms with E-state index in [0.717, 1.165) is 10.4 Å². The van der Waals surface area contributed by atoms with Crippen LogP contribution in [0.15, 0.2) is 29.2 Å². The maximum absolute atomic E-state index is 13.5. The van der Waals surface area contributed by atoms with Gasteiger partial charge in [0.2, 0.25) is 10.0 Å². The third-order valence-electron chi connectivity index (χ3n) is 2.81. The number of benzene rings is 1. The fraction of sp³-hybridized carbons (Fsp3) is 0.455. The molecule has 0 aromatic heterocycles. The van der Waals surface area contributed by atoms with Gasteiger partial charge < -0.3 is 5.11 Å². The second-order valence-corrected chi connectivity index (χ2v) is 6.00. The molecule has 1 N–H and O–H groups in total. The first-order chi connectivity index (χ1) is 8.01. The number of aliphatic hydroxyl groups is 1. The standard InChI is InChI=1S/C11H14FNO3S/c12-10-5-1-2-6-11(10)17(15,16)13-7-3-4-9(14)8-13/h1-2,5-6,9,14H,3-4,7-8H2. The Morgan fingerprint density at radius 1 is 1.35 bits per heavy atom. The van der Waals surface area contributed by atoms with Crippen molar-refractivity contribution in [3.8, 4) is 0 Å². The number of sulfonamides is 1. The summed E-state index contributed by atoms with van der Waals surface area (Å²) < 4.78 is 38.9. The first kappa shape index (κ1) is 12.5. The number of β-amino-alcohol motifs (C(OH)–C–C–N with tert-alkyl or cyclic N) is 1. The average molecular weight is 259 g/mol. The predicted octanol–water partition coefficient (Wildman–Crippen LogP) is 0.971. The van der Waals surface area contributed by atoms with Gasteiger partial charge in [-0.15, -0.1) is 0 Å². The van der Waals surface area contributed by atoms with E-state index >= 15 is 0 Å². The Hall–Kier alpha value is -0.980. The molecular formula is C11H14FNO3S. The lowest BCUT2D eigenvalue weighted by Gasteiger charge is -2.29. The first-order valence-corrected chi connectivity index (χ1v) is 6.88. The third-order valence-corrected chi connectivity index (χ3v) is 4.71. The van der Waals surface area contributed by atoms with Gasteiger partial charge in [-0.2, -0.15) is 4.31 Å². The summed E-state index contributed by atoms with van der Waals surface area (Å²) in [5.74, 6) is -0.757. The lowest BCUT2D eigenvalue weighted by atomic mass is 10.1. The minimum Gasteiger partial charge on any atom is -0.392 e. The molecule has 1 fully saturated rings. The summed E-state index contributed by atoms with van der Waals surface area (Å²) in [7, 11) is -3.83. The highest BCUT2D eigenvalue weighted by atomic mass is 32.2. The first-order valence-electron chi connectivity index (χ1n) is 5.44. The summed E-state index contributed by atoms with van der Waals surface area (Å²) in [5, 5.41) is 9.46. The molecule has 0 saturated carbocycles. The van der Waals surface area contributed by atoms with E-state index in [-0.39, 0.29) is 11.4 Å². The van der Waals surface area contributed by atoms with Gasteiger partial charge in [-0.3, -0.25) is 0 Å². The zero-order valence-corrected chi connectivity index (χ0v) is 10.0. The molecule has 0 bridgehead atoms. The van der Waals surface area contributed by atoms with Gasteiger partial charge in [0, 0.05) is 13.1 Å². The molecule has 0 amide bonds. The van der Waals surface area contributed by atoms with Gasteiger partial charge in [0.15, 0.2) is 0 Å². The lowest BCUT2D eigenvalue weighted by molar-refractivity contribution is 0.108. The minimum atomic E-state index is -3.83. The highest BCUT2D eigenvalue weighted by Gasteiger charge is 2.31. The normalized spacial score (nSPS) is 22.6. The van der Waals surface area contributed by atoms with Crippen LogP contribution in [0.1, 0.15) is 12.8 Å². The van der Waals surface area contributed by atoms with Crippen molar-refractivity contribution in [2.24, 2.45) is 0 Å². The average Bonchev–Trinajstić information content (AvgIpc) is 2.29. The SMILES string of the molecule is O=S(=O)(c1ccccc1F)N1CCCC(O)C1. The fourth-order valence-corrected chi connectivity index (χ4v) is 3.51. The number of nitrogens with zero attached hydrogens (tertiary/aromatic N) is 1. The van der Waals surface area contributed by atoms with Gasteiger partial charge in [-0.1, -0.05) is 12.1 Å². The number of aliphatic hydroxyl groups excluding tert-OH is 1. The molecule has 1 heterocycles. The second-order valence-electron chi connectivity index (χ2n) is 4.09. The topological polar surface area (TPSA) is 57.6 Å². The smallest absolute Gasteiger partial charge is 0.246 e. The molecule has 94 valence electrons. The Morgan fingerprint density at radius 2 is 2.06 bits per heavy atom. The Labute approximate surface area is 99.7 Å². The van der Waals surface area contributed by atoms with Crippen LogP contribution in [0.2, 0.25) is 0 Å². The van der Waals surface area contributed by atoms with Crippen LogP contribution in [-0.2, 0) is 10.0 Å². The largest absolute Gasteiger partial charge is 0.392 e. The van der Waals surface area contributed by atoms with Gasteiger partial charge in [0.1, 0.15) is 10.7 Å². The van der Waals surface area contributed by atoms with Crippen molar-refractivity contribution in [2.75, 3.05) is 13.1 Å². The molecule has 0 spiro atoms. The molecule has 1 aliphatic rings. The molecule has 1 aromatic rings. The molecule has 6 heteroatoms. The van der Waals surface area contributed by atoms with E-state index in [1.807, 2.05) is 0 Å². The van der Waals surface area contributed by atoms with Crippen LogP contribution in [0.3, 0.4) is 0 Å². The summed E-state index contributed by atoms with van der Waals surface area (Å²) in [6, 6.07) is 5.29. The molecule has 2 rings (SSSR count). The molecule has 1 saturated heterocycles. The van der Waals surface area contributed by atoms with E-state index < -0.39 is 21.9 Å². The lowest BCUT2D eigenvalue weighted by Crippen LogP contribution is -2.42. The predicted molar refractivity (Wildman–Crippen MR) is 60.4 cm³/mol. The van der Waals surface area contributed by atoms with Crippen LogP contribution in [0.5, 0.6) is 0 Å². The maximum Gasteiger partial charge on any atom is 0.246 e. The molecule has 4 nitrogen and oxygen atoms in total. The summed E-state index contributed by atoms with van der Waals surface area (Å²) in [6.45, 7) is 0.365. The van der Waals surface area contributed by atoms with Gasteiger partial charge >= 0.3 is 0 Å². The van der Waals surface area contributed by atoms with Crippen molar-refractivity contribution >= 4 is 10.0 Å². The Bertz CT molecular complexity index is 503. The minimum absolute atomic E-state index is 0.0384. The molecule has 17 heavy (non-hydrogen) atoms. The van der Waals surface area contributed by atoms with Crippen LogP contribution in [-0.4, -0.2) is 37.0 Å². The molecule has 0 aliphatic carbocycles. The second kappa shape index (κ2) is 4.72. The Kier molecular flexibility index (Phi) is 3.46. The van der Waals surface area contributed by atoms with Crippen molar-refractivity contribution in [2.45, 2.75) is 23.8 Å². The van der Waals surface area contributed by atoms with Crippen LogP contribution in [0.25, 0.3) is 0 Å². The van der Waals surface area contributed by atoms with E-state index in [1.165, 1.54) is 18.2 Å². The van der Waals surface area contributed by atoms with Crippen molar-refractivity contribution in [1.82, 2.24) is 4.31 Å². The van der Waals surface area contributed by atoms with E-state index in [2.05, 4.69) is 0 Å². The zero-order chi connectivity index (χ0) is 12.5. The van der Waals surface area contributed by atoms with E-state index in [0.29, 0.717) is 19.4 Å². The van der Waals surface area contributed by atoms with E-state index in [4.69, 9.17) is 0 Å². The van der Waals surface area contributed by atoms with E-state index in [9.17, 15) is 17.9 Å². The van der Waals surface area contributed by atoms with E-state index in [1.54, 1.807) is 0 Å². The number of hydrogen-bond donors (Lipinski definition) is 1. The fourth-order valence-electron chi connectivity index (χ4n) is 1.93.